The average Bonchev–Trinajstić information content (AvgIpc) is 2.97. The van der Waals surface area contributed by atoms with E-state index in [1.165, 1.54) is 23.5 Å². The zero-order chi connectivity index (χ0) is 17.6. The number of rotatable bonds is 5. The van der Waals surface area contributed by atoms with Gasteiger partial charge in [-0.3, -0.25) is 4.79 Å². The maximum atomic E-state index is 12.1. The number of amides is 1. The van der Waals surface area contributed by atoms with Crippen molar-refractivity contribution in [3.8, 4) is 5.75 Å². The van der Waals surface area contributed by atoms with E-state index in [-0.39, 0.29) is 16.9 Å². The highest BCUT2D eigenvalue weighted by molar-refractivity contribution is 8.15. The number of nitrogens with zero attached hydrogens (tertiary/aromatic N) is 2. The summed E-state index contributed by atoms with van der Waals surface area (Å²) in [6.07, 6.45) is 3.12. The van der Waals surface area contributed by atoms with E-state index in [0.717, 1.165) is 12.0 Å². The van der Waals surface area contributed by atoms with Crippen LogP contribution >= 0.6 is 11.8 Å². The van der Waals surface area contributed by atoms with Crippen molar-refractivity contribution in [2.45, 2.75) is 25.0 Å². The fraction of sp³-hybridized carbons (Fsp3) is 0.211. The van der Waals surface area contributed by atoms with Crippen LogP contribution in [-0.2, 0) is 17.6 Å². The largest absolute Gasteiger partial charge is 0.507 e. The summed E-state index contributed by atoms with van der Waals surface area (Å²) in [5.74, 6) is 0.0871. The van der Waals surface area contributed by atoms with Crippen LogP contribution in [0.15, 0.2) is 58.7 Å². The van der Waals surface area contributed by atoms with Gasteiger partial charge in [-0.1, -0.05) is 55.1 Å². The Labute approximate surface area is 150 Å². The quantitative estimate of drug-likeness (QED) is 0.641. The Morgan fingerprint density at radius 1 is 1.16 bits per heavy atom. The van der Waals surface area contributed by atoms with E-state index < -0.39 is 0 Å². The van der Waals surface area contributed by atoms with Crippen molar-refractivity contribution in [1.29, 1.82) is 0 Å². The highest BCUT2D eigenvalue weighted by Gasteiger charge is 2.30. The van der Waals surface area contributed by atoms with E-state index in [1.807, 2.05) is 0 Å². The van der Waals surface area contributed by atoms with Crippen molar-refractivity contribution >= 4 is 29.1 Å². The summed E-state index contributed by atoms with van der Waals surface area (Å²) in [5, 5.41) is 20.7. The molecule has 128 valence electrons. The Bertz CT molecular complexity index is 816. The molecule has 1 saturated heterocycles. The third-order valence-corrected chi connectivity index (χ3v) is 4.98. The van der Waals surface area contributed by atoms with E-state index in [0.29, 0.717) is 17.2 Å². The smallest absolute Gasteiger partial charge is 0.239 e. The second-order valence-electron chi connectivity index (χ2n) is 5.68. The molecule has 1 heterocycles. The molecule has 6 heteroatoms. The molecule has 0 bridgehead atoms. The van der Waals surface area contributed by atoms with Crippen molar-refractivity contribution in [3.63, 3.8) is 0 Å². The van der Waals surface area contributed by atoms with E-state index in [1.54, 1.807) is 24.3 Å². The molecule has 0 unspecified atom stereocenters. The van der Waals surface area contributed by atoms with Gasteiger partial charge in [0, 0.05) is 5.56 Å². The second kappa shape index (κ2) is 7.98. The van der Waals surface area contributed by atoms with Crippen molar-refractivity contribution in [2.24, 2.45) is 10.2 Å². The van der Waals surface area contributed by atoms with Crippen LogP contribution in [0.5, 0.6) is 5.75 Å². The van der Waals surface area contributed by atoms with Crippen LogP contribution < -0.4 is 5.32 Å². The van der Waals surface area contributed by atoms with Gasteiger partial charge in [0.25, 0.3) is 0 Å². The fourth-order valence-corrected chi connectivity index (χ4v) is 3.42. The van der Waals surface area contributed by atoms with Crippen LogP contribution in [0.25, 0.3) is 0 Å². The number of phenolic OH excluding ortho intramolecular Hbond substituents is 1. The van der Waals surface area contributed by atoms with Gasteiger partial charge in [0.15, 0.2) is 5.17 Å². The Kier molecular flexibility index (Phi) is 5.50. The van der Waals surface area contributed by atoms with Gasteiger partial charge in [0.2, 0.25) is 5.91 Å². The van der Waals surface area contributed by atoms with Gasteiger partial charge < -0.3 is 10.4 Å². The lowest BCUT2D eigenvalue weighted by molar-refractivity contribution is -0.118. The summed E-state index contributed by atoms with van der Waals surface area (Å²) in [6.45, 7) is 2.12. The van der Waals surface area contributed by atoms with Crippen LogP contribution in [0.2, 0.25) is 0 Å². The molecule has 3 rings (SSSR count). The zero-order valence-electron chi connectivity index (χ0n) is 13.8. The van der Waals surface area contributed by atoms with Gasteiger partial charge in [-0.05, 0) is 36.1 Å². The van der Waals surface area contributed by atoms with Gasteiger partial charge in [0.1, 0.15) is 5.75 Å². The summed E-state index contributed by atoms with van der Waals surface area (Å²) >= 11 is 1.38. The number of hydrogen-bond donors (Lipinski definition) is 2. The van der Waals surface area contributed by atoms with Crippen molar-refractivity contribution in [2.75, 3.05) is 0 Å². The normalized spacial score (nSPS) is 18.8. The van der Waals surface area contributed by atoms with Gasteiger partial charge in [-0.2, -0.15) is 5.10 Å². The van der Waals surface area contributed by atoms with Crippen molar-refractivity contribution < 1.29 is 9.90 Å². The van der Waals surface area contributed by atoms with Crippen molar-refractivity contribution in [3.05, 3.63) is 65.2 Å². The molecule has 0 spiro atoms. The number of para-hydroxylation sites is 1. The lowest BCUT2D eigenvalue weighted by Gasteiger charge is -2.06. The number of nitrogens with one attached hydrogen (secondary N) is 1. The summed E-state index contributed by atoms with van der Waals surface area (Å²) in [4.78, 5) is 12.1. The highest BCUT2D eigenvalue weighted by atomic mass is 32.2. The minimum Gasteiger partial charge on any atom is -0.507 e. The standard InChI is InChI=1S/C19H19N3O2S/c1-2-13-7-9-14(10-8-13)11-17-18(24)21-19(25-17)22-20-12-15-5-3-4-6-16(15)23/h3-10,12,17,23H,2,11H2,1H3,(H,21,22,24)/b20-12+/t17-/m1/s1. The Morgan fingerprint density at radius 2 is 1.88 bits per heavy atom. The number of thioether (sulfide) groups is 1. The number of aromatic hydroxyl groups is 1. The van der Waals surface area contributed by atoms with E-state index >= 15 is 0 Å². The molecule has 0 aromatic heterocycles. The van der Waals surface area contributed by atoms with E-state index in [9.17, 15) is 9.90 Å². The Hall–Kier alpha value is -2.60. The maximum absolute atomic E-state index is 12.1. The molecule has 1 amide bonds. The van der Waals surface area contributed by atoms with Crippen LogP contribution in [0.3, 0.4) is 0 Å². The minimum absolute atomic E-state index is 0.0546. The molecule has 1 fully saturated rings. The number of amidine groups is 1. The van der Waals surface area contributed by atoms with Crippen LogP contribution in [0, 0.1) is 0 Å². The zero-order valence-corrected chi connectivity index (χ0v) is 14.7. The summed E-state index contributed by atoms with van der Waals surface area (Å²) in [7, 11) is 0. The average molecular weight is 353 g/mol. The van der Waals surface area contributed by atoms with Crippen LogP contribution in [0.1, 0.15) is 23.6 Å². The molecule has 1 aliphatic rings. The fourth-order valence-electron chi connectivity index (χ4n) is 2.45. The van der Waals surface area contributed by atoms with E-state index in [2.05, 4.69) is 46.7 Å². The first-order valence-corrected chi connectivity index (χ1v) is 8.98. The molecule has 2 aromatic carbocycles. The molecule has 0 radical (unpaired) electrons. The topological polar surface area (TPSA) is 74.1 Å². The number of benzene rings is 2. The molecule has 0 aliphatic carbocycles. The predicted octanol–water partition coefficient (Wildman–Crippen LogP) is 3.12. The predicted molar refractivity (Wildman–Crippen MR) is 102 cm³/mol. The summed E-state index contributed by atoms with van der Waals surface area (Å²) in [5.41, 5.74) is 2.99. The number of aryl methyl sites for hydroxylation is 1. The molecule has 25 heavy (non-hydrogen) atoms. The van der Waals surface area contributed by atoms with Crippen molar-refractivity contribution in [1.82, 2.24) is 5.32 Å². The van der Waals surface area contributed by atoms with Crippen LogP contribution in [0.4, 0.5) is 0 Å². The van der Waals surface area contributed by atoms with Gasteiger partial charge in [0.05, 0.1) is 11.5 Å². The first-order chi connectivity index (χ1) is 12.2. The molecular formula is C19H19N3O2S. The van der Waals surface area contributed by atoms with E-state index in [4.69, 9.17) is 0 Å². The molecule has 1 aliphatic heterocycles. The van der Waals surface area contributed by atoms with Crippen LogP contribution in [-0.4, -0.2) is 27.6 Å². The van der Waals surface area contributed by atoms with Gasteiger partial charge in [-0.15, -0.1) is 5.10 Å². The number of carbonyl (C=O) groups excluding carboxylic acids is 1. The number of carbonyl (C=O) groups is 1. The second-order valence-corrected chi connectivity index (χ2v) is 6.87. The Balaban J connectivity index is 1.62. The molecule has 5 nitrogen and oxygen atoms in total. The summed E-state index contributed by atoms with van der Waals surface area (Å²) < 4.78 is 0. The first kappa shape index (κ1) is 17.2. The third-order valence-electron chi connectivity index (χ3n) is 3.91. The monoisotopic (exact) mass is 353 g/mol. The molecule has 2 N–H and O–H groups in total. The lowest BCUT2D eigenvalue weighted by atomic mass is 10.1. The first-order valence-electron chi connectivity index (χ1n) is 8.10. The Morgan fingerprint density at radius 3 is 2.60 bits per heavy atom. The molecule has 1 atom stereocenters. The lowest BCUT2D eigenvalue weighted by Crippen LogP contribution is -2.25. The minimum atomic E-state index is -0.202. The molecule has 2 aromatic rings. The number of phenols is 1. The third kappa shape index (κ3) is 4.48. The molecular weight excluding hydrogens is 334 g/mol. The SMILES string of the molecule is CCc1ccc(C[C@H]2S/C(=N/N=C/c3ccccc3O)NC2=O)cc1. The number of hydrogen-bond acceptors (Lipinski definition) is 5. The maximum Gasteiger partial charge on any atom is 0.239 e. The summed E-state index contributed by atoms with van der Waals surface area (Å²) in [6, 6.07) is 15.2. The molecule has 0 saturated carbocycles. The highest BCUT2D eigenvalue weighted by Crippen LogP contribution is 2.23. The van der Waals surface area contributed by atoms with Gasteiger partial charge >= 0.3 is 0 Å². The van der Waals surface area contributed by atoms with Gasteiger partial charge in [-0.25, -0.2) is 0 Å².